The first-order valence-corrected chi connectivity index (χ1v) is 9.19. The number of aliphatic imine (C=N–C) groups is 1. The molecule has 27 heavy (non-hydrogen) atoms. The third-order valence-electron chi connectivity index (χ3n) is 5.02. The molecule has 5 rings (SSSR count). The predicted octanol–water partition coefficient (Wildman–Crippen LogP) is 5.89. The lowest BCUT2D eigenvalue weighted by Crippen LogP contribution is -2.23. The van der Waals surface area contributed by atoms with Crippen LogP contribution in [0.3, 0.4) is 0 Å². The number of benzene rings is 3. The van der Waals surface area contributed by atoms with Crippen molar-refractivity contribution in [3.8, 4) is 0 Å². The van der Waals surface area contributed by atoms with Crippen molar-refractivity contribution in [3.63, 3.8) is 0 Å². The van der Waals surface area contributed by atoms with Crippen molar-refractivity contribution >= 4 is 28.0 Å². The number of hydrogen-bond acceptors (Lipinski definition) is 2. The molecule has 0 aliphatic carbocycles. The van der Waals surface area contributed by atoms with Crippen molar-refractivity contribution < 1.29 is 0 Å². The van der Waals surface area contributed by atoms with Crippen molar-refractivity contribution in [1.29, 1.82) is 0 Å². The summed E-state index contributed by atoms with van der Waals surface area (Å²) in [5.41, 5.74) is 4.45. The van der Waals surface area contributed by atoms with Crippen LogP contribution in [0.15, 0.2) is 96.1 Å². The van der Waals surface area contributed by atoms with Gasteiger partial charge in [-0.15, -0.1) is 0 Å². The SMILES string of the molecule is CC(N=C1c2cccc3cccc(c23)N1c1ccccc1)c1ccccn1. The van der Waals surface area contributed by atoms with E-state index in [4.69, 9.17) is 4.99 Å². The van der Waals surface area contributed by atoms with E-state index in [2.05, 4.69) is 77.5 Å². The number of rotatable bonds is 3. The number of nitrogens with zero attached hydrogens (tertiary/aromatic N) is 3. The summed E-state index contributed by atoms with van der Waals surface area (Å²) in [6.07, 6.45) is 1.82. The molecule has 0 saturated heterocycles. The van der Waals surface area contributed by atoms with Crippen LogP contribution >= 0.6 is 0 Å². The second-order valence-electron chi connectivity index (χ2n) is 6.74. The average molecular weight is 349 g/mol. The van der Waals surface area contributed by atoms with Crippen molar-refractivity contribution in [1.82, 2.24) is 4.98 Å². The fourth-order valence-corrected chi connectivity index (χ4v) is 3.77. The van der Waals surface area contributed by atoms with Gasteiger partial charge < -0.3 is 0 Å². The summed E-state index contributed by atoms with van der Waals surface area (Å²) >= 11 is 0. The molecule has 0 fully saturated rings. The fraction of sp³-hybridized carbons (Fsp3) is 0.0833. The summed E-state index contributed by atoms with van der Waals surface area (Å²) < 4.78 is 0. The molecule has 4 aromatic rings. The van der Waals surface area contributed by atoms with Crippen molar-refractivity contribution in [2.24, 2.45) is 4.99 Å². The molecule has 0 N–H and O–H groups in total. The third-order valence-corrected chi connectivity index (χ3v) is 5.02. The van der Waals surface area contributed by atoms with Gasteiger partial charge in [0.25, 0.3) is 0 Å². The molecule has 1 aliphatic heterocycles. The van der Waals surface area contributed by atoms with E-state index in [0.717, 1.165) is 17.2 Å². The molecule has 2 heterocycles. The Bertz CT molecular complexity index is 1130. The summed E-state index contributed by atoms with van der Waals surface area (Å²) in [4.78, 5) is 11.9. The Morgan fingerprint density at radius 3 is 2.37 bits per heavy atom. The molecule has 3 nitrogen and oxygen atoms in total. The van der Waals surface area contributed by atoms with Gasteiger partial charge in [0, 0.05) is 22.8 Å². The zero-order chi connectivity index (χ0) is 18.2. The fourth-order valence-electron chi connectivity index (χ4n) is 3.77. The maximum absolute atomic E-state index is 5.12. The van der Waals surface area contributed by atoms with Crippen LogP contribution in [-0.2, 0) is 0 Å². The Hall–Kier alpha value is -3.46. The summed E-state index contributed by atoms with van der Waals surface area (Å²) in [7, 11) is 0. The topological polar surface area (TPSA) is 28.5 Å². The molecule has 3 heteroatoms. The van der Waals surface area contributed by atoms with E-state index in [-0.39, 0.29) is 6.04 Å². The van der Waals surface area contributed by atoms with Gasteiger partial charge in [-0.05, 0) is 42.6 Å². The second kappa shape index (κ2) is 6.36. The predicted molar refractivity (Wildman–Crippen MR) is 112 cm³/mol. The maximum atomic E-state index is 5.12. The molecule has 0 radical (unpaired) electrons. The zero-order valence-corrected chi connectivity index (χ0v) is 15.1. The first-order chi connectivity index (χ1) is 13.3. The van der Waals surface area contributed by atoms with Gasteiger partial charge in [-0.1, -0.05) is 54.6 Å². The van der Waals surface area contributed by atoms with E-state index in [1.165, 1.54) is 22.0 Å². The van der Waals surface area contributed by atoms with Crippen molar-refractivity contribution in [3.05, 3.63) is 102 Å². The average Bonchev–Trinajstić information content (AvgIpc) is 3.05. The number of anilines is 2. The van der Waals surface area contributed by atoms with Crippen LogP contribution < -0.4 is 4.90 Å². The zero-order valence-electron chi connectivity index (χ0n) is 15.1. The highest BCUT2D eigenvalue weighted by Crippen LogP contribution is 2.42. The van der Waals surface area contributed by atoms with Crippen LogP contribution in [0.4, 0.5) is 11.4 Å². The Kier molecular flexibility index (Phi) is 3.72. The lowest BCUT2D eigenvalue weighted by Gasteiger charge is -2.22. The van der Waals surface area contributed by atoms with Crippen molar-refractivity contribution in [2.45, 2.75) is 13.0 Å². The lowest BCUT2D eigenvalue weighted by molar-refractivity contribution is 0.782. The Labute approximate surface area is 158 Å². The quantitative estimate of drug-likeness (QED) is 0.461. The molecule has 0 amide bonds. The molecule has 130 valence electrons. The number of amidine groups is 1. The molecule has 1 atom stereocenters. The minimum absolute atomic E-state index is 0.0306. The molecule has 0 spiro atoms. The lowest BCUT2D eigenvalue weighted by atomic mass is 10.1. The summed E-state index contributed by atoms with van der Waals surface area (Å²) in [6, 6.07) is 29.3. The minimum Gasteiger partial charge on any atom is -0.294 e. The molecule has 0 saturated carbocycles. The normalized spacial score (nSPS) is 15.4. The number of hydrogen-bond donors (Lipinski definition) is 0. The molecule has 1 aromatic heterocycles. The van der Waals surface area contributed by atoms with Crippen LogP contribution in [0, 0.1) is 0 Å². The van der Waals surface area contributed by atoms with Gasteiger partial charge in [-0.3, -0.25) is 14.9 Å². The first kappa shape index (κ1) is 15.8. The highest BCUT2D eigenvalue weighted by atomic mass is 15.2. The minimum atomic E-state index is -0.0306. The van der Waals surface area contributed by atoms with Crippen LogP contribution in [0.5, 0.6) is 0 Å². The Balaban J connectivity index is 1.73. The Morgan fingerprint density at radius 1 is 0.815 bits per heavy atom. The van der Waals surface area contributed by atoms with Gasteiger partial charge in [0.15, 0.2) is 0 Å². The molecule has 1 aliphatic rings. The molecule has 3 aromatic carbocycles. The van der Waals surface area contributed by atoms with E-state index in [1.807, 2.05) is 30.5 Å². The van der Waals surface area contributed by atoms with E-state index >= 15 is 0 Å². The smallest absolute Gasteiger partial charge is 0.141 e. The molecule has 1 unspecified atom stereocenters. The van der Waals surface area contributed by atoms with Gasteiger partial charge in [-0.2, -0.15) is 0 Å². The molecular weight excluding hydrogens is 330 g/mol. The van der Waals surface area contributed by atoms with Gasteiger partial charge in [0.1, 0.15) is 5.84 Å². The standard InChI is InChI=1S/C24H19N3/c1-17(21-14-5-6-16-25-21)26-24-20-13-7-9-18-10-8-15-22(23(18)20)27(24)19-11-3-2-4-12-19/h2-17H,1H3. The van der Waals surface area contributed by atoms with Crippen LogP contribution in [-0.4, -0.2) is 10.8 Å². The van der Waals surface area contributed by atoms with E-state index in [0.29, 0.717) is 0 Å². The maximum Gasteiger partial charge on any atom is 0.141 e. The van der Waals surface area contributed by atoms with E-state index < -0.39 is 0 Å². The van der Waals surface area contributed by atoms with Crippen LogP contribution in [0.25, 0.3) is 10.8 Å². The highest BCUT2D eigenvalue weighted by molar-refractivity contribution is 6.29. The Morgan fingerprint density at radius 2 is 1.59 bits per heavy atom. The summed E-state index contributed by atoms with van der Waals surface area (Å²) in [5, 5.41) is 2.50. The van der Waals surface area contributed by atoms with Gasteiger partial charge in [-0.25, -0.2) is 0 Å². The van der Waals surface area contributed by atoms with Crippen LogP contribution in [0.1, 0.15) is 24.2 Å². The second-order valence-corrected chi connectivity index (χ2v) is 6.74. The highest BCUT2D eigenvalue weighted by Gasteiger charge is 2.29. The number of aromatic nitrogens is 1. The monoisotopic (exact) mass is 349 g/mol. The summed E-state index contributed by atoms with van der Waals surface area (Å²) in [5.74, 6) is 0.978. The van der Waals surface area contributed by atoms with Crippen LogP contribution in [0.2, 0.25) is 0 Å². The van der Waals surface area contributed by atoms with Gasteiger partial charge in [0.2, 0.25) is 0 Å². The van der Waals surface area contributed by atoms with Gasteiger partial charge >= 0.3 is 0 Å². The molecular formula is C24H19N3. The van der Waals surface area contributed by atoms with Crippen molar-refractivity contribution in [2.75, 3.05) is 4.90 Å². The summed E-state index contributed by atoms with van der Waals surface area (Å²) in [6.45, 7) is 2.10. The van der Waals surface area contributed by atoms with E-state index in [9.17, 15) is 0 Å². The number of para-hydroxylation sites is 1. The number of pyridine rings is 1. The third kappa shape index (κ3) is 2.59. The largest absolute Gasteiger partial charge is 0.294 e. The van der Waals surface area contributed by atoms with E-state index in [1.54, 1.807) is 0 Å². The first-order valence-electron chi connectivity index (χ1n) is 9.19. The molecule has 0 bridgehead atoms. The van der Waals surface area contributed by atoms with Gasteiger partial charge in [0.05, 0.1) is 17.4 Å².